The zero-order chi connectivity index (χ0) is 13.6. The highest BCUT2D eigenvalue weighted by Gasteiger charge is 2.03. The van der Waals surface area contributed by atoms with Crippen LogP contribution in [0.3, 0.4) is 0 Å². The first kappa shape index (κ1) is 16.9. The van der Waals surface area contributed by atoms with E-state index < -0.39 is 0 Å². The number of carbonyl (C=O) groups excluding carboxylic acids is 2. The molecule has 0 heterocycles. The van der Waals surface area contributed by atoms with Crippen molar-refractivity contribution in [1.29, 1.82) is 0 Å². The minimum Gasteiger partial charge on any atom is -0.466 e. The van der Waals surface area contributed by atoms with Crippen molar-refractivity contribution in [2.45, 2.75) is 65.2 Å². The maximum atomic E-state index is 11.2. The molecule has 0 N–H and O–H groups in total. The van der Waals surface area contributed by atoms with E-state index in [9.17, 15) is 9.59 Å². The van der Waals surface area contributed by atoms with E-state index in [0.717, 1.165) is 38.5 Å². The molecule has 0 radical (unpaired) electrons. The van der Waals surface area contributed by atoms with Crippen LogP contribution in [-0.4, -0.2) is 25.2 Å². The second kappa shape index (κ2) is 12.4. The van der Waals surface area contributed by atoms with Gasteiger partial charge in [0, 0.05) is 12.8 Å². The Bertz CT molecular complexity index is 202. The minimum absolute atomic E-state index is 0.128. The van der Waals surface area contributed by atoms with Crippen LogP contribution in [0.2, 0.25) is 0 Å². The summed E-state index contributed by atoms with van der Waals surface area (Å²) in [4.78, 5) is 22.3. The minimum atomic E-state index is -0.128. The molecule has 4 nitrogen and oxygen atoms in total. The van der Waals surface area contributed by atoms with E-state index in [1.165, 1.54) is 0 Å². The lowest BCUT2D eigenvalue weighted by atomic mass is 10.2. The van der Waals surface area contributed by atoms with E-state index in [-0.39, 0.29) is 11.9 Å². The Balaban J connectivity index is 3.25. The third kappa shape index (κ3) is 11.4. The van der Waals surface area contributed by atoms with E-state index in [2.05, 4.69) is 0 Å². The van der Waals surface area contributed by atoms with Gasteiger partial charge in [-0.25, -0.2) is 0 Å². The van der Waals surface area contributed by atoms with Gasteiger partial charge in [-0.3, -0.25) is 9.59 Å². The molecule has 0 spiro atoms. The maximum Gasteiger partial charge on any atom is 0.305 e. The first-order chi connectivity index (χ1) is 8.70. The largest absolute Gasteiger partial charge is 0.466 e. The molecule has 0 saturated carbocycles. The van der Waals surface area contributed by atoms with Crippen LogP contribution in [-0.2, 0) is 19.1 Å². The fourth-order valence-corrected chi connectivity index (χ4v) is 1.36. The highest BCUT2D eigenvalue weighted by atomic mass is 16.5. The molecule has 4 heteroatoms. The van der Waals surface area contributed by atoms with Gasteiger partial charge >= 0.3 is 11.9 Å². The molecule has 0 unspecified atom stereocenters. The van der Waals surface area contributed by atoms with Gasteiger partial charge in [0.05, 0.1) is 13.2 Å². The van der Waals surface area contributed by atoms with Crippen LogP contribution in [0.5, 0.6) is 0 Å². The molecule has 0 aliphatic rings. The standard InChI is InChI=1S/C14H26O4/c1-3-5-9-13(15)17-11-7-8-12-18-14(16)10-6-4-2/h3-12H2,1-2H3. The molecule has 0 aromatic carbocycles. The molecule has 0 atom stereocenters. The SMILES string of the molecule is CCCCC(=O)OCCCCOC(=O)CCCC. The molecule has 0 aliphatic heterocycles. The van der Waals surface area contributed by atoms with E-state index in [4.69, 9.17) is 9.47 Å². The van der Waals surface area contributed by atoms with Gasteiger partial charge < -0.3 is 9.47 Å². The number of esters is 2. The van der Waals surface area contributed by atoms with Crippen molar-refractivity contribution in [2.24, 2.45) is 0 Å². The van der Waals surface area contributed by atoms with Gasteiger partial charge in [0.1, 0.15) is 0 Å². The van der Waals surface area contributed by atoms with Crippen molar-refractivity contribution in [3.8, 4) is 0 Å². The summed E-state index contributed by atoms with van der Waals surface area (Å²) in [5.41, 5.74) is 0. The molecule has 0 rings (SSSR count). The normalized spacial score (nSPS) is 10.1. The van der Waals surface area contributed by atoms with E-state index in [1.54, 1.807) is 0 Å². The summed E-state index contributed by atoms with van der Waals surface area (Å²) in [5.74, 6) is -0.256. The van der Waals surface area contributed by atoms with Crippen molar-refractivity contribution in [1.82, 2.24) is 0 Å². The molecule has 0 aromatic rings. The predicted octanol–water partition coefficient (Wildman–Crippen LogP) is 3.23. The molecule has 0 fully saturated rings. The molecule has 18 heavy (non-hydrogen) atoms. The quantitative estimate of drug-likeness (QED) is 0.422. The van der Waals surface area contributed by atoms with Crippen LogP contribution in [0.15, 0.2) is 0 Å². The van der Waals surface area contributed by atoms with E-state index in [0.29, 0.717) is 26.1 Å². The maximum absolute atomic E-state index is 11.2. The lowest BCUT2D eigenvalue weighted by Crippen LogP contribution is -2.08. The average molecular weight is 258 g/mol. The van der Waals surface area contributed by atoms with Gasteiger partial charge in [0.2, 0.25) is 0 Å². The molecule has 0 saturated heterocycles. The van der Waals surface area contributed by atoms with E-state index >= 15 is 0 Å². The molecule has 0 aromatic heterocycles. The number of ether oxygens (including phenoxy) is 2. The molecule has 0 aliphatic carbocycles. The first-order valence-corrected chi connectivity index (χ1v) is 7.02. The summed E-state index contributed by atoms with van der Waals surface area (Å²) in [5, 5.41) is 0. The van der Waals surface area contributed by atoms with Crippen LogP contribution >= 0.6 is 0 Å². The van der Waals surface area contributed by atoms with E-state index in [1.807, 2.05) is 13.8 Å². The van der Waals surface area contributed by atoms with Gasteiger partial charge in [-0.2, -0.15) is 0 Å². The van der Waals surface area contributed by atoms with Crippen LogP contribution in [0.4, 0.5) is 0 Å². The molecule has 0 bridgehead atoms. The third-order valence-corrected chi connectivity index (χ3v) is 2.53. The Morgan fingerprint density at radius 1 is 0.722 bits per heavy atom. The Morgan fingerprint density at radius 2 is 1.11 bits per heavy atom. The fraction of sp³-hybridized carbons (Fsp3) is 0.857. The zero-order valence-electron chi connectivity index (χ0n) is 11.7. The highest BCUT2D eigenvalue weighted by molar-refractivity contribution is 5.69. The van der Waals surface area contributed by atoms with Gasteiger partial charge in [-0.1, -0.05) is 26.7 Å². The second-order valence-corrected chi connectivity index (χ2v) is 4.36. The Morgan fingerprint density at radius 3 is 1.44 bits per heavy atom. The predicted molar refractivity (Wildman–Crippen MR) is 70.2 cm³/mol. The number of hydrogen-bond donors (Lipinski definition) is 0. The summed E-state index contributed by atoms with van der Waals surface area (Å²) in [6, 6.07) is 0. The second-order valence-electron chi connectivity index (χ2n) is 4.36. The Labute approximate surface area is 110 Å². The van der Waals surface area contributed by atoms with Crippen LogP contribution < -0.4 is 0 Å². The van der Waals surface area contributed by atoms with Gasteiger partial charge in [0.25, 0.3) is 0 Å². The lowest BCUT2D eigenvalue weighted by molar-refractivity contribution is -0.146. The number of hydrogen-bond acceptors (Lipinski definition) is 4. The van der Waals surface area contributed by atoms with Crippen molar-refractivity contribution >= 4 is 11.9 Å². The third-order valence-electron chi connectivity index (χ3n) is 2.53. The summed E-state index contributed by atoms with van der Waals surface area (Å²) < 4.78 is 10.1. The fourth-order valence-electron chi connectivity index (χ4n) is 1.36. The summed E-state index contributed by atoms with van der Waals surface area (Å²) in [7, 11) is 0. The summed E-state index contributed by atoms with van der Waals surface area (Å²) in [6.07, 6.45) is 6.27. The van der Waals surface area contributed by atoms with Gasteiger partial charge in [-0.15, -0.1) is 0 Å². The highest BCUT2D eigenvalue weighted by Crippen LogP contribution is 2.00. The average Bonchev–Trinajstić information content (AvgIpc) is 2.37. The number of rotatable bonds is 11. The summed E-state index contributed by atoms with van der Waals surface area (Å²) in [6.45, 7) is 4.93. The van der Waals surface area contributed by atoms with Crippen molar-refractivity contribution in [2.75, 3.05) is 13.2 Å². The Kier molecular flexibility index (Phi) is 11.7. The van der Waals surface area contributed by atoms with Crippen molar-refractivity contribution in [3.05, 3.63) is 0 Å². The van der Waals surface area contributed by atoms with Crippen LogP contribution in [0.25, 0.3) is 0 Å². The molecule has 0 amide bonds. The number of unbranched alkanes of at least 4 members (excludes halogenated alkanes) is 3. The van der Waals surface area contributed by atoms with Crippen molar-refractivity contribution < 1.29 is 19.1 Å². The summed E-state index contributed by atoms with van der Waals surface area (Å²) >= 11 is 0. The number of carbonyl (C=O) groups is 2. The molecular formula is C14H26O4. The molecular weight excluding hydrogens is 232 g/mol. The lowest BCUT2D eigenvalue weighted by Gasteiger charge is -2.05. The van der Waals surface area contributed by atoms with Crippen LogP contribution in [0.1, 0.15) is 65.2 Å². The first-order valence-electron chi connectivity index (χ1n) is 7.02. The van der Waals surface area contributed by atoms with Gasteiger partial charge in [0.15, 0.2) is 0 Å². The Hall–Kier alpha value is -1.06. The molecule has 106 valence electrons. The van der Waals surface area contributed by atoms with Crippen LogP contribution in [0, 0.1) is 0 Å². The monoisotopic (exact) mass is 258 g/mol. The smallest absolute Gasteiger partial charge is 0.305 e. The zero-order valence-corrected chi connectivity index (χ0v) is 11.7. The van der Waals surface area contributed by atoms with Crippen molar-refractivity contribution in [3.63, 3.8) is 0 Å². The topological polar surface area (TPSA) is 52.6 Å². The van der Waals surface area contributed by atoms with Gasteiger partial charge in [-0.05, 0) is 25.7 Å².